The second kappa shape index (κ2) is 17.8. The summed E-state index contributed by atoms with van der Waals surface area (Å²) in [5.41, 5.74) is 8.67. The van der Waals surface area contributed by atoms with Gasteiger partial charge in [0.1, 0.15) is 31.0 Å². The molecule has 1 fully saturated rings. The molecule has 0 aromatic heterocycles. The van der Waals surface area contributed by atoms with Gasteiger partial charge in [0.05, 0.1) is 23.8 Å². The average Bonchev–Trinajstić information content (AvgIpc) is 3.42. The predicted molar refractivity (Wildman–Crippen MR) is 158 cm³/mol. The number of aliphatic hydroxyl groups excluding tert-OH is 3. The number of hydrogen-bond acceptors (Lipinski definition) is 12. The number of nitrogens with one attached hydrogen (secondary N) is 1. The summed E-state index contributed by atoms with van der Waals surface area (Å²) < 4.78 is 58.6. The number of nitrogens with zero attached hydrogens (tertiary/aromatic N) is 1. The molecule has 6 atom stereocenters. The molecule has 2 aliphatic heterocycles. The third-order valence-electron chi connectivity index (χ3n) is 7.77. The van der Waals surface area contributed by atoms with Gasteiger partial charge in [-0.25, -0.2) is 0 Å². The van der Waals surface area contributed by atoms with E-state index in [4.69, 9.17) is 24.7 Å². The molecule has 0 bridgehead atoms. The van der Waals surface area contributed by atoms with E-state index < -0.39 is 55.4 Å². The number of ether oxygens (including phenoxy) is 4. The van der Waals surface area contributed by atoms with Crippen LogP contribution in [0.25, 0.3) is 0 Å². The summed E-state index contributed by atoms with van der Waals surface area (Å²) in [4.78, 5) is 25.6. The van der Waals surface area contributed by atoms with E-state index in [1.54, 1.807) is 18.2 Å². The third kappa shape index (κ3) is 10.7. The second-order valence-corrected chi connectivity index (χ2v) is 11.5. The van der Waals surface area contributed by atoms with Gasteiger partial charge in [0, 0.05) is 25.7 Å². The summed E-state index contributed by atoms with van der Waals surface area (Å²) in [6.45, 7) is 2.17. The minimum atomic E-state index is -4.47. The van der Waals surface area contributed by atoms with Gasteiger partial charge in [-0.1, -0.05) is 18.2 Å². The van der Waals surface area contributed by atoms with Crippen molar-refractivity contribution in [3.8, 4) is 11.5 Å². The van der Waals surface area contributed by atoms with Crippen LogP contribution in [0.4, 0.5) is 18.9 Å². The number of carboxylic acid groups (broad SMARTS) is 1. The summed E-state index contributed by atoms with van der Waals surface area (Å²) in [5.74, 6) is -2.14. The summed E-state index contributed by atoms with van der Waals surface area (Å²) in [5, 5.41) is 44.3. The summed E-state index contributed by atoms with van der Waals surface area (Å²) >= 11 is 0. The first kappa shape index (κ1) is 39.8. The number of aliphatic hydroxyl groups is 3. The molecule has 2 aromatic rings. The van der Waals surface area contributed by atoms with Gasteiger partial charge in [0.15, 0.2) is 24.4 Å². The van der Waals surface area contributed by atoms with Crippen LogP contribution in [-0.2, 0) is 27.1 Å². The molecule has 2 aromatic carbocycles. The van der Waals surface area contributed by atoms with E-state index in [1.807, 2.05) is 17.9 Å². The van der Waals surface area contributed by atoms with E-state index in [1.165, 1.54) is 12.1 Å². The first-order chi connectivity index (χ1) is 22.2. The number of amides is 1. The minimum absolute atomic E-state index is 0. The number of rotatable bonds is 16. The van der Waals surface area contributed by atoms with E-state index in [0.29, 0.717) is 50.1 Å². The zero-order valence-corrected chi connectivity index (χ0v) is 28.7. The Balaban J connectivity index is 0.00000625. The number of carbonyl (C=O) groups is 2. The average molecular weight is 694 g/mol. The number of anilines is 1. The maximum Gasteiger partial charge on any atom is 1.00 e. The number of alkyl halides is 3. The Labute approximate surface area is 297 Å². The molecule has 48 heavy (non-hydrogen) atoms. The fourth-order valence-electron chi connectivity index (χ4n) is 5.60. The molecular formula is C31H39F3N3NaO10. The molecule has 6 N–H and O–H groups in total. The Hall–Kier alpha value is -2.67. The molecule has 0 saturated carbocycles. The molecule has 260 valence electrons. The quantitative estimate of drug-likeness (QED) is 0.0868. The number of primary amides is 1. The molecule has 4 rings (SSSR count). The van der Waals surface area contributed by atoms with E-state index in [2.05, 4.69) is 5.32 Å². The number of nitrogens with two attached hydrogens (primary N) is 1. The van der Waals surface area contributed by atoms with E-state index in [-0.39, 0.29) is 60.3 Å². The predicted octanol–water partition coefficient (Wildman–Crippen LogP) is -3.34. The summed E-state index contributed by atoms with van der Waals surface area (Å²) in [7, 11) is 0. The normalized spacial score (nSPS) is 22.8. The number of halogens is 3. The van der Waals surface area contributed by atoms with Gasteiger partial charge in [-0.05, 0) is 55.5 Å². The molecule has 1 saturated heterocycles. The molecule has 0 radical (unpaired) electrons. The van der Waals surface area contributed by atoms with Gasteiger partial charge in [-0.3, -0.25) is 4.79 Å². The van der Waals surface area contributed by atoms with Crippen molar-refractivity contribution < 1.29 is 91.7 Å². The van der Waals surface area contributed by atoms with Gasteiger partial charge in [-0.2, -0.15) is 13.2 Å². The maximum absolute atomic E-state index is 12.5. The van der Waals surface area contributed by atoms with Crippen molar-refractivity contribution in [2.24, 2.45) is 5.73 Å². The standard InChI is InChI=1S/C31H40F3N3O10.Na/c1-17(36-8-12-44-21-5-2-3-6-22(21)46-16-31(32,33)34)13-18-14-19-7-10-37(23(19)20(15-18)28(35)41)9-4-11-45-30-26(40)24(38)25(39)27(47-30)29(42)43;/h2-3,5-6,14-15,17,24-27,30,36,38-40H,4,7-13,16H2,1H3,(H2,35,41)(H,42,43);/q;+1/p-1. The summed E-state index contributed by atoms with van der Waals surface area (Å²) in [6.07, 6.45) is -11.5. The van der Waals surface area contributed by atoms with Crippen molar-refractivity contribution in [1.29, 1.82) is 0 Å². The fraction of sp³-hybridized carbons (Fsp3) is 0.548. The van der Waals surface area contributed by atoms with Gasteiger partial charge in [-0.15, -0.1) is 0 Å². The number of para-hydroxylation sites is 2. The fourth-order valence-corrected chi connectivity index (χ4v) is 5.60. The monoisotopic (exact) mass is 693 g/mol. The van der Waals surface area contributed by atoms with Crippen LogP contribution in [0, 0.1) is 0 Å². The molecule has 0 aliphatic carbocycles. The van der Waals surface area contributed by atoms with Gasteiger partial charge in [0.2, 0.25) is 0 Å². The first-order valence-electron chi connectivity index (χ1n) is 15.1. The maximum atomic E-state index is 12.5. The van der Waals surface area contributed by atoms with Crippen molar-refractivity contribution >= 4 is 17.6 Å². The zero-order valence-electron chi connectivity index (χ0n) is 26.7. The Bertz CT molecular complexity index is 1390. The Morgan fingerprint density at radius 1 is 1.10 bits per heavy atom. The van der Waals surface area contributed by atoms with Crippen LogP contribution in [0.2, 0.25) is 0 Å². The number of carboxylic acids is 1. The molecule has 1 amide bonds. The third-order valence-corrected chi connectivity index (χ3v) is 7.77. The van der Waals surface area contributed by atoms with Crippen LogP contribution in [0.15, 0.2) is 36.4 Å². The number of benzene rings is 2. The SMILES string of the molecule is CC(Cc1cc2c(c(C(N)=O)c1)N(CCCOC1OC(C(=O)[O-])C(O)C(O)C1O)CC2)NCCOc1ccccc1OCC(F)(F)F.[Na+]. The summed E-state index contributed by atoms with van der Waals surface area (Å²) in [6, 6.07) is 9.85. The van der Waals surface area contributed by atoms with Crippen molar-refractivity contribution in [3.05, 3.63) is 53.1 Å². The zero-order chi connectivity index (χ0) is 34.3. The van der Waals surface area contributed by atoms with Crippen molar-refractivity contribution in [3.63, 3.8) is 0 Å². The van der Waals surface area contributed by atoms with Gasteiger partial charge < -0.3 is 60.1 Å². The molecule has 17 heteroatoms. The van der Waals surface area contributed by atoms with E-state index >= 15 is 0 Å². The van der Waals surface area contributed by atoms with Gasteiger partial charge in [0.25, 0.3) is 5.91 Å². The molecular weight excluding hydrogens is 654 g/mol. The number of aliphatic carboxylic acids is 1. The van der Waals surface area contributed by atoms with E-state index in [0.717, 1.165) is 11.1 Å². The van der Waals surface area contributed by atoms with Crippen LogP contribution in [-0.4, -0.2) is 110 Å². The number of hydrogen-bond donors (Lipinski definition) is 5. The molecule has 6 unspecified atom stereocenters. The van der Waals surface area contributed by atoms with Crippen molar-refractivity contribution in [2.75, 3.05) is 44.4 Å². The van der Waals surface area contributed by atoms with E-state index in [9.17, 15) is 43.2 Å². The largest absolute Gasteiger partial charge is 1.00 e. The van der Waals surface area contributed by atoms with Crippen LogP contribution in [0.5, 0.6) is 11.5 Å². The molecule has 2 heterocycles. The number of carbonyl (C=O) groups excluding carboxylic acids is 2. The molecule has 0 spiro atoms. The second-order valence-electron chi connectivity index (χ2n) is 11.5. The number of fused-ring (bicyclic) bond motifs is 1. The minimum Gasteiger partial charge on any atom is -0.547 e. The Morgan fingerprint density at radius 2 is 1.79 bits per heavy atom. The van der Waals surface area contributed by atoms with Crippen LogP contribution >= 0.6 is 0 Å². The smallest absolute Gasteiger partial charge is 0.547 e. The molecule has 2 aliphatic rings. The Morgan fingerprint density at radius 3 is 2.44 bits per heavy atom. The van der Waals surface area contributed by atoms with Crippen LogP contribution in [0.1, 0.15) is 34.8 Å². The topological polar surface area (TPSA) is 196 Å². The molecule has 13 nitrogen and oxygen atoms in total. The van der Waals surface area contributed by atoms with Crippen LogP contribution < -0.4 is 60.1 Å². The van der Waals surface area contributed by atoms with Crippen molar-refractivity contribution in [2.45, 2.75) is 69.1 Å². The van der Waals surface area contributed by atoms with Crippen molar-refractivity contribution in [1.82, 2.24) is 5.32 Å². The van der Waals surface area contributed by atoms with Crippen LogP contribution in [0.3, 0.4) is 0 Å². The Kier molecular flexibility index (Phi) is 14.8. The van der Waals surface area contributed by atoms with Gasteiger partial charge >= 0.3 is 35.7 Å². The first-order valence-corrected chi connectivity index (χ1v) is 15.1.